The average Bonchev–Trinajstić information content (AvgIpc) is 2.85. The number of aliphatic carboxylic acids is 1. The van der Waals surface area contributed by atoms with Gasteiger partial charge in [-0.2, -0.15) is 0 Å². The normalized spacial score (nSPS) is 32.6. The van der Waals surface area contributed by atoms with Crippen LogP contribution >= 0.6 is 15.9 Å². The van der Waals surface area contributed by atoms with Crippen LogP contribution in [0.4, 0.5) is 0 Å². The topological polar surface area (TPSA) is 119 Å². The summed E-state index contributed by atoms with van der Waals surface area (Å²) >= 11 is 1.55. The van der Waals surface area contributed by atoms with Crippen molar-refractivity contribution in [3.8, 4) is 5.75 Å². The van der Waals surface area contributed by atoms with Gasteiger partial charge in [0.15, 0.2) is 23.4 Å². The third-order valence-electron chi connectivity index (χ3n) is 4.54. The zero-order valence-corrected chi connectivity index (χ0v) is 16.2. The first-order valence-electron chi connectivity index (χ1n) is 7.80. The van der Waals surface area contributed by atoms with Gasteiger partial charge in [-0.15, -0.1) is 0 Å². The highest BCUT2D eigenvalue weighted by atomic mass is 79.9. The molecule has 2 aliphatic rings. The van der Waals surface area contributed by atoms with E-state index in [1.807, 2.05) is 6.07 Å². The molecule has 5 atom stereocenters. The van der Waals surface area contributed by atoms with Crippen molar-refractivity contribution in [2.24, 2.45) is 0 Å². The number of carbonyl (C=O) groups excluding carboxylic acids is 2. The fraction of sp³-hybridized carbons (Fsp3) is 0.438. The van der Waals surface area contributed by atoms with Gasteiger partial charge in [0.2, 0.25) is 5.37 Å². The van der Waals surface area contributed by atoms with Crippen LogP contribution in [-0.4, -0.2) is 66.5 Å². The lowest BCUT2D eigenvalue weighted by molar-refractivity contribution is -0.161. The van der Waals surface area contributed by atoms with Gasteiger partial charge in [0.1, 0.15) is 5.75 Å². The summed E-state index contributed by atoms with van der Waals surface area (Å²) in [5.74, 6) is -1.79. The number of rotatable bonds is 6. The molecule has 0 spiro atoms. The maximum absolute atomic E-state index is 12.8. The number of carbonyl (C=O) groups is 3. The van der Waals surface area contributed by atoms with E-state index >= 15 is 0 Å². The molecule has 0 bridgehead atoms. The van der Waals surface area contributed by atoms with Gasteiger partial charge in [-0.25, -0.2) is 4.79 Å². The van der Waals surface area contributed by atoms with Crippen molar-refractivity contribution in [1.29, 1.82) is 0 Å². The number of halogens is 1. The summed E-state index contributed by atoms with van der Waals surface area (Å²) in [4.78, 5) is 37.1. The molecule has 4 unspecified atom stereocenters. The first kappa shape index (κ1) is 19.0. The molecular formula is C16H17BrN2O6S. The zero-order valence-electron chi connectivity index (χ0n) is 13.8. The number of amides is 2. The lowest BCUT2D eigenvalue weighted by Crippen LogP contribution is -2.72. The van der Waals surface area contributed by atoms with Gasteiger partial charge in [0, 0.05) is 0 Å². The molecule has 2 fully saturated rings. The standard InChI is InChI=1S/C16H17BrN2O6S/c1-16(8-17)12(15(22)23)19-13(21)11(14(19)26(16)24)18-10(20)7-25-9-5-3-2-4-6-9/h2-6,11-12,14H,7-8H2,1H3,(H,18,20)(H,22,23)/t11?,12?,14-,16?,26?/m1/s1. The third-order valence-corrected chi connectivity index (χ3v) is 8.31. The van der Waals surface area contributed by atoms with Crippen LogP contribution < -0.4 is 10.1 Å². The average molecular weight is 445 g/mol. The fourth-order valence-electron chi connectivity index (χ4n) is 3.19. The van der Waals surface area contributed by atoms with Crippen LogP contribution in [0.15, 0.2) is 30.3 Å². The number of nitrogens with one attached hydrogen (secondary N) is 1. The lowest BCUT2D eigenvalue weighted by atomic mass is 9.96. The Morgan fingerprint density at radius 2 is 2.08 bits per heavy atom. The minimum atomic E-state index is -1.65. The second-order valence-electron chi connectivity index (χ2n) is 6.27. The second kappa shape index (κ2) is 7.09. The molecule has 1 aromatic carbocycles. The van der Waals surface area contributed by atoms with Gasteiger partial charge in [-0.1, -0.05) is 34.1 Å². The van der Waals surface area contributed by atoms with E-state index in [1.54, 1.807) is 31.2 Å². The van der Waals surface area contributed by atoms with E-state index in [4.69, 9.17) is 4.74 Å². The number of hydrogen-bond acceptors (Lipinski definition) is 5. The molecule has 1 aromatic rings. The SMILES string of the molecule is CC1(CBr)C(C(=O)O)N2C(=O)C(NC(=O)COc3ccccc3)[C@H]2[S+]1[O-]. The Bertz CT molecular complexity index is 735. The zero-order chi connectivity index (χ0) is 19.1. The van der Waals surface area contributed by atoms with Crippen LogP contribution in [-0.2, 0) is 25.6 Å². The van der Waals surface area contributed by atoms with Crippen molar-refractivity contribution < 1.29 is 28.8 Å². The number of para-hydroxylation sites is 1. The number of fused-ring (bicyclic) bond motifs is 1. The number of ether oxygens (including phenoxy) is 1. The largest absolute Gasteiger partial charge is 0.614 e. The van der Waals surface area contributed by atoms with Gasteiger partial charge < -0.3 is 19.7 Å². The van der Waals surface area contributed by atoms with E-state index in [0.29, 0.717) is 5.75 Å². The maximum Gasteiger partial charge on any atom is 0.332 e. The summed E-state index contributed by atoms with van der Waals surface area (Å²) in [6.07, 6.45) is 0. The molecule has 3 rings (SSSR count). The number of benzene rings is 1. The number of β-lactam (4-membered cyclic amide) rings is 1. The fourth-order valence-corrected chi connectivity index (χ4v) is 6.13. The smallest absolute Gasteiger partial charge is 0.332 e. The predicted octanol–water partition coefficient (Wildman–Crippen LogP) is 0.0876. The lowest BCUT2D eigenvalue weighted by Gasteiger charge is -2.41. The summed E-state index contributed by atoms with van der Waals surface area (Å²) in [6, 6.07) is 6.50. The molecule has 0 aliphatic carbocycles. The van der Waals surface area contributed by atoms with Gasteiger partial charge in [0.05, 0.1) is 5.33 Å². The monoisotopic (exact) mass is 444 g/mol. The highest BCUT2D eigenvalue weighted by molar-refractivity contribution is 9.09. The highest BCUT2D eigenvalue weighted by Crippen LogP contribution is 2.46. The number of alkyl halides is 1. The minimum absolute atomic E-state index is 0.154. The van der Waals surface area contributed by atoms with Crippen LogP contribution in [0, 0.1) is 0 Å². The van der Waals surface area contributed by atoms with Crippen LogP contribution in [0.25, 0.3) is 0 Å². The Kier molecular flexibility index (Phi) is 5.18. The van der Waals surface area contributed by atoms with Crippen molar-refractivity contribution in [1.82, 2.24) is 10.2 Å². The molecule has 2 saturated heterocycles. The number of carboxylic acid groups (broad SMARTS) is 1. The number of hydrogen-bond donors (Lipinski definition) is 2. The van der Waals surface area contributed by atoms with Crippen LogP contribution in [0.3, 0.4) is 0 Å². The van der Waals surface area contributed by atoms with Gasteiger partial charge in [-0.05, 0) is 30.2 Å². The summed E-state index contributed by atoms with van der Waals surface area (Å²) in [6.45, 7) is 1.25. The van der Waals surface area contributed by atoms with Gasteiger partial charge in [-0.3, -0.25) is 14.5 Å². The first-order valence-corrected chi connectivity index (χ1v) is 10.1. The first-order chi connectivity index (χ1) is 12.3. The molecule has 2 amide bonds. The molecule has 2 N–H and O–H groups in total. The van der Waals surface area contributed by atoms with E-state index in [0.717, 1.165) is 4.90 Å². The van der Waals surface area contributed by atoms with E-state index in [9.17, 15) is 24.0 Å². The minimum Gasteiger partial charge on any atom is -0.614 e. The summed E-state index contributed by atoms with van der Waals surface area (Å²) in [7, 11) is 0. The van der Waals surface area contributed by atoms with Crippen molar-refractivity contribution >= 4 is 44.9 Å². The van der Waals surface area contributed by atoms with Crippen molar-refractivity contribution in [2.45, 2.75) is 29.1 Å². The Balaban J connectivity index is 1.67. The molecule has 10 heteroatoms. The van der Waals surface area contributed by atoms with Crippen LogP contribution in [0.1, 0.15) is 6.92 Å². The van der Waals surface area contributed by atoms with E-state index < -0.39 is 51.2 Å². The maximum atomic E-state index is 12.8. The molecule has 0 aromatic heterocycles. The van der Waals surface area contributed by atoms with Crippen molar-refractivity contribution in [3.63, 3.8) is 0 Å². The summed E-state index contributed by atoms with van der Waals surface area (Å²) in [5, 5.41) is 11.3. The molecule has 2 aliphatic heterocycles. The van der Waals surface area contributed by atoms with Crippen molar-refractivity contribution in [3.05, 3.63) is 30.3 Å². The van der Waals surface area contributed by atoms with Crippen LogP contribution in [0.5, 0.6) is 5.75 Å². The molecule has 140 valence electrons. The van der Waals surface area contributed by atoms with Crippen molar-refractivity contribution in [2.75, 3.05) is 11.9 Å². The predicted molar refractivity (Wildman–Crippen MR) is 96.3 cm³/mol. The molecule has 26 heavy (non-hydrogen) atoms. The van der Waals surface area contributed by atoms with Crippen LogP contribution in [0.2, 0.25) is 0 Å². The quantitative estimate of drug-likeness (QED) is 0.364. The molecule has 0 saturated carbocycles. The van der Waals surface area contributed by atoms with Gasteiger partial charge in [0.25, 0.3) is 11.8 Å². The Labute approximate surface area is 161 Å². The van der Waals surface area contributed by atoms with Gasteiger partial charge >= 0.3 is 5.97 Å². The molecular weight excluding hydrogens is 428 g/mol. The van der Waals surface area contributed by atoms with E-state index in [2.05, 4.69) is 21.2 Å². The molecule has 2 heterocycles. The Morgan fingerprint density at radius 1 is 1.42 bits per heavy atom. The summed E-state index contributed by atoms with van der Waals surface area (Å²) in [5.41, 5.74) is 0. The third kappa shape index (κ3) is 2.95. The van der Waals surface area contributed by atoms with E-state index in [1.165, 1.54) is 0 Å². The summed E-state index contributed by atoms with van der Waals surface area (Å²) < 4.78 is 17.0. The molecule has 8 nitrogen and oxygen atoms in total. The van der Waals surface area contributed by atoms with E-state index in [-0.39, 0.29) is 11.9 Å². The molecule has 0 radical (unpaired) electrons. The number of nitrogens with zero attached hydrogens (tertiary/aromatic N) is 1. The second-order valence-corrected chi connectivity index (χ2v) is 8.84. The number of carboxylic acids is 1. The highest BCUT2D eigenvalue weighted by Gasteiger charge is 2.74. The Morgan fingerprint density at radius 3 is 2.65 bits per heavy atom. The Hall–Kier alpha value is -1.78.